The van der Waals surface area contributed by atoms with Gasteiger partial charge in [-0.3, -0.25) is 0 Å². The Bertz CT molecular complexity index is 1050. The summed E-state index contributed by atoms with van der Waals surface area (Å²) in [5.41, 5.74) is 5.58. The predicted octanol–water partition coefficient (Wildman–Crippen LogP) is 6.59. The van der Waals surface area contributed by atoms with Gasteiger partial charge in [0.05, 0.1) is 0 Å². The van der Waals surface area contributed by atoms with E-state index in [1.54, 1.807) is 21.3 Å². The van der Waals surface area contributed by atoms with Gasteiger partial charge in [0.2, 0.25) is 0 Å². The summed E-state index contributed by atoms with van der Waals surface area (Å²) in [6.07, 6.45) is 0. The van der Waals surface area contributed by atoms with E-state index in [1.807, 2.05) is 0 Å². The summed E-state index contributed by atoms with van der Waals surface area (Å²) in [5.74, 6) is 2.70. The van der Waals surface area contributed by atoms with E-state index >= 15 is 0 Å². The van der Waals surface area contributed by atoms with Crippen LogP contribution in [-0.2, 0) is 20.8 Å². The summed E-state index contributed by atoms with van der Waals surface area (Å²) in [5, 5.41) is 4.50. The maximum absolute atomic E-state index is 5.42. The van der Waals surface area contributed by atoms with Crippen molar-refractivity contribution >= 4 is 13.6 Å². The van der Waals surface area contributed by atoms with Gasteiger partial charge in [-0.25, -0.2) is 0 Å². The van der Waals surface area contributed by atoms with Crippen molar-refractivity contribution in [2.75, 3.05) is 21.3 Å². The fourth-order valence-electron chi connectivity index (χ4n) is 4.66. The van der Waals surface area contributed by atoms with Gasteiger partial charge in [-0.15, -0.1) is 0 Å². The van der Waals surface area contributed by atoms with Crippen molar-refractivity contribution < 1.29 is 14.2 Å². The summed E-state index contributed by atoms with van der Waals surface area (Å²) in [7, 11) is 5.16. The van der Waals surface area contributed by atoms with Crippen LogP contribution in [0.4, 0.5) is 0 Å². The molecule has 0 aliphatic rings. The molecule has 0 aliphatic heterocycles. The Labute approximate surface area is 212 Å². The fourth-order valence-corrected chi connectivity index (χ4v) is 14.3. The average molecular weight is 530 g/mol. The number of benzene rings is 4. The Morgan fingerprint density at radius 1 is 0.400 bits per heavy atom. The summed E-state index contributed by atoms with van der Waals surface area (Å²) < 4.78 is 16.3. The Morgan fingerprint density at radius 3 is 0.971 bits per heavy atom. The molecule has 0 spiro atoms. The summed E-state index contributed by atoms with van der Waals surface area (Å²) in [6, 6.07) is 36.9. The Hall–Kier alpha value is -3.16. The van der Waals surface area contributed by atoms with Gasteiger partial charge in [0.1, 0.15) is 0 Å². The molecule has 0 fully saturated rings. The molecule has 0 radical (unpaired) electrons. The molecule has 0 saturated heterocycles. The molecular formula is C31H34AsO3+. The van der Waals surface area contributed by atoms with Gasteiger partial charge in [-0.05, 0) is 0 Å². The first-order valence-corrected chi connectivity index (χ1v) is 17.2. The van der Waals surface area contributed by atoms with Crippen LogP contribution < -0.4 is 14.2 Å². The number of methoxy groups -OCH3 is 3. The van der Waals surface area contributed by atoms with Gasteiger partial charge < -0.3 is 0 Å². The third-order valence-electron chi connectivity index (χ3n) is 6.39. The van der Waals surface area contributed by atoms with Crippen LogP contribution in [0.1, 0.15) is 22.3 Å². The van der Waals surface area contributed by atoms with Crippen LogP contribution in [0.2, 0.25) is 0 Å². The van der Waals surface area contributed by atoms with Gasteiger partial charge in [0, 0.05) is 0 Å². The number of ether oxygens (including phenoxy) is 3. The van der Waals surface area contributed by atoms with Gasteiger partial charge in [0.25, 0.3) is 0 Å². The van der Waals surface area contributed by atoms with Crippen LogP contribution in [0.3, 0.4) is 0 Å². The molecule has 3 nitrogen and oxygen atoms in total. The Morgan fingerprint density at radius 2 is 0.686 bits per heavy atom. The molecule has 0 amide bonds. The minimum absolute atomic E-state index is 0.901. The van der Waals surface area contributed by atoms with Gasteiger partial charge in [-0.1, -0.05) is 0 Å². The summed E-state index contributed by atoms with van der Waals surface area (Å²) in [4.78, 5) is 0. The van der Waals surface area contributed by atoms with Crippen molar-refractivity contribution in [2.24, 2.45) is 0 Å². The van der Waals surface area contributed by atoms with Crippen LogP contribution in [0.15, 0.2) is 103 Å². The van der Waals surface area contributed by atoms with Crippen LogP contribution in [0.5, 0.6) is 17.2 Å². The molecule has 4 heteroatoms. The predicted molar refractivity (Wildman–Crippen MR) is 146 cm³/mol. The van der Waals surface area contributed by atoms with Crippen LogP contribution in [0, 0.1) is 0 Å². The average Bonchev–Trinajstić information content (AvgIpc) is 2.90. The van der Waals surface area contributed by atoms with Crippen molar-refractivity contribution in [3.05, 3.63) is 125 Å². The second-order valence-electron chi connectivity index (χ2n) is 9.00. The van der Waals surface area contributed by atoms with E-state index < -0.39 is 13.6 Å². The SMILES string of the molecule is COc1ccc(C[As+](Cc2ccccc2)(Cc2ccc(OC)cc2)Cc2ccc(OC)cc2)cc1. The number of hydrogen-bond donors (Lipinski definition) is 0. The molecule has 0 heterocycles. The molecule has 4 aromatic rings. The zero-order chi connectivity index (χ0) is 24.5. The second kappa shape index (κ2) is 12.0. The normalized spacial score (nSPS) is 11.2. The first kappa shape index (κ1) is 24.9. The molecule has 0 unspecified atom stereocenters. The third-order valence-corrected chi connectivity index (χ3v) is 15.1. The van der Waals surface area contributed by atoms with E-state index in [9.17, 15) is 0 Å². The molecular weight excluding hydrogens is 495 g/mol. The maximum atomic E-state index is 5.42. The zero-order valence-electron chi connectivity index (χ0n) is 20.8. The van der Waals surface area contributed by atoms with Crippen molar-refractivity contribution in [3.8, 4) is 17.2 Å². The minimum atomic E-state index is -2.42. The van der Waals surface area contributed by atoms with E-state index in [2.05, 4.69) is 103 Å². The number of rotatable bonds is 11. The first-order valence-electron chi connectivity index (χ1n) is 11.9. The van der Waals surface area contributed by atoms with Crippen molar-refractivity contribution in [3.63, 3.8) is 0 Å². The molecule has 4 rings (SSSR count). The second-order valence-corrected chi connectivity index (χ2v) is 17.3. The summed E-state index contributed by atoms with van der Waals surface area (Å²) >= 11 is -2.42. The quantitative estimate of drug-likeness (QED) is 0.205. The molecule has 0 aliphatic carbocycles. The molecule has 180 valence electrons. The molecule has 0 aromatic heterocycles. The van der Waals surface area contributed by atoms with Crippen molar-refractivity contribution in [1.82, 2.24) is 0 Å². The topological polar surface area (TPSA) is 27.7 Å². The van der Waals surface area contributed by atoms with Crippen molar-refractivity contribution in [1.29, 1.82) is 0 Å². The third kappa shape index (κ3) is 6.93. The molecule has 0 bridgehead atoms. The van der Waals surface area contributed by atoms with Gasteiger partial charge in [0.15, 0.2) is 0 Å². The van der Waals surface area contributed by atoms with E-state index in [0.717, 1.165) is 38.1 Å². The monoisotopic (exact) mass is 529 g/mol. The Kier molecular flexibility index (Phi) is 8.55. The number of hydrogen-bond acceptors (Lipinski definition) is 3. The van der Waals surface area contributed by atoms with Crippen LogP contribution in [0.25, 0.3) is 0 Å². The molecule has 0 N–H and O–H groups in total. The van der Waals surface area contributed by atoms with Gasteiger partial charge >= 0.3 is 213 Å². The molecule has 4 aromatic carbocycles. The standard InChI is InChI=1S/C31H34AsO3/c1-33-29-15-9-26(10-16-29)22-32(21-25-7-5-4-6-8-25,23-27-11-17-30(34-2)18-12-27)24-28-13-19-31(35-3)20-14-28/h4-20H,21-24H2,1-3H3/q+1. The van der Waals surface area contributed by atoms with Gasteiger partial charge in [-0.2, -0.15) is 0 Å². The van der Waals surface area contributed by atoms with Crippen LogP contribution in [-0.4, -0.2) is 34.9 Å². The van der Waals surface area contributed by atoms with E-state index in [0.29, 0.717) is 0 Å². The van der Waals surface area contributed by atoms with Crippen LogP contribution >= 0.6 is 0 Å². The fraction of sp³-hybridized carbons (Fsp3) is 0.226. The summed E-state index contributed by atoms with van der Waals surface area (Å²) in [6.45, 7) is 0. The van der Waals surface area contributed by atoms with E-state index in [-0.39, 0.29) is 0 Å². The first-order chi connectivity index (χ1) is 17.1. The molecule has 0 atom stereocenters. The Balaban J connectivity index is 1.75. The van der Waals surface area contributed by atoms with Crippen molar-refractivity contribution in [2.45, 2.75) is 20.8 Å². The van der Waals surface area contributed by atoms with E-state index in [4.69, 9.17) is 14.2 Å². The van der Waals surface area contributed by atoms with E-state index in [1.165, 1.54) is 22.3 Å². The zero-order valence-corrected chi connectivity index (χ0v) is 22.7. The molecule has 35 heavy (non-hydrogen) atoms. The molecule has 0 saturated carbocycles.